The third kappa shape index (κ3) is 2.96. The molecule has 2 aromatic heterocycles. The molecule has 0 spiro atoms. The summed E-state index contributed by atoms with van der Waals surface area (Å²) in [5.41, 5.74) is 7.93. The van der Waals surface area contributed by atoms with Gasteiger partial charge in [-0.25, -0.2) is 4.98 Å². The molecule has 0 aliphatic rings. The number of hydrogen-bond donors (Lipinski definition) is 3. The normalized spacial score (nSPS) is 12.3. The van der Waals surface area contributed by atoms with E-state index in [2.05, 4.69) is 25.6 Å². The molecule has 3 aromatic rings. The minimum Gasteiger partial charge on any atom is -0.384 e. The quantitative estimate of drug-likeness (QED) is 0.599. The van der Waals surface area contributed by atoms with Crippen LogP contribution in [0.2, 0.25) is 0 Å². The Balaban J connectivity index is 2.32. The van der Waals surface area contributed by atoms with Gasteiger partial charge in [0.05, 0.1) is 20.6 Å². The number of anilines is 1. The predicted octanol–water partition coefficient (Wildman–Crippen LogP) is 1.21. The molecule has 3 rings (SSSR count). The fourth-order valence-electron chi connectivity index (χ4n) is 2.20. The van der Waals surface area contributed by atoms with Gasteiger partial charge in [0, 0.05) is 23.6 Å². The first-order valence-electron chi connectivity index (χ1n) is 6.44. The third-order valence-electron chi connectivity index (χ3n) is 3.22. The van der Waals surface area contributed by atoms with Crippen molar-refractivity contribution in [2.24, 2.45) is 5.14 Å². The van der Waals surface area contributed by atoms with Gasteiger partial charge in [0.2, 0.25) is 5.82 Å². The maximum atomic E-state index is 12.0. The van der Waals surface area contributed by atoms with Crippen molar-refractivity contribution in [2.75, 3.05) is 12.0 Å². The summed E-state index contributed by atoms with van der Waals surface area (Å²) in [5, 5.41) is 19.9. The van der Waals surface area contributed by atoms with E-state index in [0.717, 1.165) is 23.1 Å². The Morgan fingerprint density at radius 1 is 1.26 bits per heavy atom. The van der Waals surface area contributed by atoms with Crippen molar-refractivity contribution in [3.8, 4) is 22.5 Å². The summed E-state index contributed by atoms with van der Waals surface area (Å²) in [6.45, 7) is 0. The van der Waals surface area contributed by atoms with Gasteiger partial charge in [-0.3, -0.25) is 9.35 Å². The summed E-state index contributed by atoms with van der Waals surface area (Å²) in [5.74, 6) is 0.798. The molecular weight excluding hydrogens is 334 g/mol. The number of hydrogen-bond acceptors (Lipinski definition) is 8. The van der Waals surface area contributed by atoms with E-state index in [9.17, 15) is 4.21 Å². The number of benzene rings is 1. The largest absolute Gasteiger partial charge is 0.384 e. The van der Waals surface area contributed by atoms with E-state index in [0.29, 0.717) is 27.0 Å². The maximum Gasteiger partial charge on any atom is 0.206 e. The van der Waals surface area contributed by atoms with Gasteiger partial charge in [-0.2, -0.15) is 5.21 Å². The topological polar surface area (TPSA) is 136 Å². The van der Waals surface area contributed by atoms with Crippen LogP contribution in [0.15, 0.2) is 40.3 Å². The minimum atomic E-state index is -1.20. The molecule has 8 nitrogen and oxygen atoms in total. The van der Waals surface area contributed by atoms with Gasteiger partial charge in [-0.05, 0) is 40.9 Å². The number of aromatic nitrogens is 5. The van der Waals surface area contributed by atoms with Crippen LogP contribution in [0.1, 0.15) is 0 Å². The molecule has 10 heteroatoms. The van der Waals surface area contributed by atoms with Crippen molar-refractivity contribution in [3.05, 3.63) is 30.5 Å². The summed E-state index contributed by atoms with van der Waals surface area (Å²) >= 11 is 1.00. The standard InChI is InChI=1S/C13H13N7OS2/c1-23(21)9-4-3-8(7-2-5-10(14)16-6-7)11(12(9)22-15)13-17-19-20-18-13/h2-6H,15H2,1H3,(H2,14,16)(H,17,18,19,20). The van der Waals surface area contributed by atoms with Gasteiger partial charge >= 0.3 is 0 Å². The number of aromatic amines is 1. The second-order valence-electron chi connectivity index (χ2n) is 4.59. The van der Waals surface area contributed by atoms with Crippen molar-refractivity contribution in [3.63, 3.8) is 0 Å². The van der Waals surface area contributed by atoms with Gasteiger partial charge in [-0.1, -0.05) is 6.07 Å². The molecule has 0 saturated carbocycles. The first-order chi connectivity index (χ1) is 11.1. The number of nitrogens with two attached hydrogens (primary N) is 2. The predicted molar refractivity (Wildman–Crippen MR) is 89.6 cm³/mol. The van der Waals surface area contributed by atoms with E-state index >= 15 is 0 Å². The SMILES string of the molecule is CS(=O)c1ccc(-c2ccc(N)nc2)c(-c2nn[nH]n2)c1SN. The molecule has 0 aliphatic heterocycles. The zero-order valence-electron chi connectivity index (χ0n) is 12.1. The molecule has 2 heterocycles. The molecule has 5 N–H and O–H groups in total. The van der Waals surface area contributed by atoms with Gasteiger partial charge < -0.3 is 5.73 Å². The van der Waals surface area contributed by atoms with Crippen LogP contribution in [0.4, 0.5) is 5.82 Å². The van der Waals surface area contributed by atoms with E-state index in [4.69, 9.17) is 10.9 Å². The molecule has 118 valence electrons. The molecular formula is C13H13N7OS2. The highest BCUT2D eigenvalue weighted by Gasteiger charge is 2.21. The van der Waals surface area contributed by atoms with Crippen LogP contribution in [0.5, 0.6) is 0 Å². The van der Waals surface area contributed by atoms with Crippen LogP contribution in [0.3, 0.4) is 0 Å². The van der Waals surface area contributed by atoms with Crippen molar-refractivity contribution >= 4 is 28.6 Å². The molecule has 1 atom stereocenters. The van der Waals surface area contributed by atoms with Gasteiger partial charge in [0.25, 0.3) is 0 Å². The smallest absolute Gasteiger partial charge is 0.206 e. The molecule has 0 fully saturated rings. The molecule has 0 bridgehead atoms. The van der Waals surface area contributed by atoms with Crippen molar-refractivity contribution < 1.29 is 4.21 Å². The second kappa shape index (κ2) is 6.44. The van der Waals surface area contributed by atoms with Crippen LogP contribution in [0, 0.1) is 0 Å². The molecule has 0 saturated heterocycles. The number of rotatable bonds is 4. The number of pyridine rings is 1. The fourth-order valence-corrected chi connectivity index (χ4v) is 3.82. The molecule has 1 unspecified atom stereocenters. The van der Waals surface area contributed by atoms with E-state index in [1.807, 2.05) is 12.1 Å². The monoisotopic (exact) mass is 347 g/mol. The zero-order chi connectivity index (χ0) is 16.4. The average molecular weight is 347 g/mol. The maximum absolute atomic E-state index is 12.0. The summed E-state index contributed by atoms with van der Waals surface area (Å²) < 4.78 is 12.0. The number of H-pyrrole nitrogens is 1. The summed E-state index contributed by atoms with van der Waals surface area (Å²) in [6, 6.07) is 7.17. The highest BCUT2D eigenvalue weighted by molar-refractivity contribution is 7.97. The lowest BCUT2D eigenvalue weighted by Gasteiger charge is -2.14. The first kappa shape index (κ1) is 15.6. The summed E-state index contributed by atoms with van der Waals surface area (Å²) in [6.07, 6.45) is 3.25. The molecule has 0 amide bonds. The zero-order valence-corrected chi connectivity index (χ0v) is 13.7. The van der Waals surface area contributed by atoms with Crippen molar-refractivity contribution in [1.82, 2.24) is 25.6 Å². The Kier molecular flexibility index (Phi) is 4.37. The van der Waals surface area contributed by atoms with E-state index in [1.165, 1.54) is 0 Å². The molecule has 23 heavy (non-hydrogen) atoms. The van der Waals surface area contributed by atoms with Crippen molar-refractivity contribution in [2.45, 2.75) is 9.79 Å². The molecule has 0 aliphatic carbocycles. The lowest BCUT2D eigenvalue weighted by Crippen LogP contribution is -2.00. The number of nitrogen functional groups attached to an aromatic ring is 1. The van der Waals surface area contributed by atoms with Gasteiger partial charge in [0.1, 0.15) is 5.82 Å². The Labute approximate surface area is 138 Å². The van der Waals surface area contributed by atoms with E-state index in [-0.39, 0.29) is 0 Å². The number of nitrogens with one attached hydrogen (secondary N) is 1. The van der Waals surface area contributed by atoms with E-state index in [1.54, 1.807) is 24.6 Å². The third-order valence-corrected chi connectivity index (χ3v) is 4.96. The number of nitrogens with zero attached hydrogens (tertiary/aromatic N) is 4. The van der Waals surface area contributed by atoms with Gasteiger partial charge in [-0.15, -0.1) is 10.2 Å². The average Bonchev–Trinajstić information content (AvgIpc) is 3.08. The lowest BCUT2D eigenvalue weighted by molar-refractivity contribution is 0.685. The Hall–Kier alpha value is -2.30. The summed E-state index contributed by atoms with van der Waals surface area (Å²) in [7, 11) is -1.20. The van der Waals surface area contributed by atoms with Crippen LogP contribution < -0.4 is 10.9 Å². The highest BCUT2D eigenvalue weighted by Crippen LogP contribution is 2.39. The van der Waals surface area contributed by atoms with Crippen LogP contribution in [0.25, 0.3) is 22.5 Å². The molecule has 0 radical (unpaired) electrons. The summed E-state index contributed by atoms with van der Waals surface area (Å²) in [4.78, 5) is 5.36. The van der Waals surface area contributed by atoms with Crippen LogP contribution >= 0.6 is 11.9 Å². The fraction of sp³-hybridized carbons (Fsp3) is 0.0769. The number of tetrazole rings is 1. The Bertz CT molecular complexity index is 850. The van der Waals surface area contributed by atoms with Crippen molar-refractivity contribution in [1.29, 1.82) is 0 Å². The Morgan fingerprint density at radius 3 is 2.65 bits per heavy atom. The lowest BCUT2D eigenvalue weighted by atomic mass is 10.0. The van der Waals surface area contributed by atoms with E-state index < -0.39 is 10.8 Å². The highest BCUT2D eigenvalue weighted by atomic mass is 32.2. The Morgan fingerprint density at radius 2 is 2.09 bits per heavy atom. The second-order valence-corrected chi connectivity index (χ2v) is 6.59. The first-order valence-corrected chi connectivity index (χ1v) is 8.88. The molecule has 1 aromatic carbocycles. The minimum absolute atomic E-state index is 0.372. The van der Waals surface area contributed by atoms with Gasteiger partial charge in [0.15, 0.2) is 0 Å². The van der Waals surface area contributed by atoms with Crippen LogP contribution in [-0.4, -0.2) is 36.1 Å². The van der Waals surface area contributed by atoms with Crippen LogP contribution in [-0.2, 0) is 10.8 Å².